The van der Waals surface area contributed by atoms with Gasteiger partial charge in [-0.1, -0.05) is 24.3 Å². The van der Waals surface area contributed by atoms with Gasteiger partial charge in [-0.05, 0) is 50.6 Å². The third-order valence-corrected chi connectivity index (χ3v) is 5.17. The summed E-state index contributed by atoms with van der Waals surface area (Å²) in [7, 11) is 1.72. The minimum absolute atomic E-state index is 0.0892. The maximum atomic E-state index is 12.7. The molecule has 6 nitrogen and oxygen atoms in total. The van der Waals surface area contributed by atoms with Crippen LogP contribution >= 0.6 is 0 Å². The lowest BCUT2D eigenvalue weighted by atomic mass is 9.96. The fraction of sp³-hybridized carbons (Fsp3) is 0.381. The molecule has 1 fully saturated rings. The lowest BCUT2D eigenvalue weighted by Crippen LogP contribution is -2.35. The molecule has 6 heteroatoms. The molecule has 0 unspecified atom stereocenters. The van der Waals surface area contributed by atoms with Crippen molar-refractivity contribution in [3.63, 3.8) is 0 Å². The lowest BCUT2D eigenvalue weighted by molar-refractivity contribution is 0.193. The summed E-state index contributed by atoms with van der Waals surface area (Å²) in [6.45, 7) is 4.79. The van der Waals surface area contributed by atoms with Crippen molar-refractivity contribution in [2.45, 2.75) is 32.2 Å². The molecule has 3 aromatic rings. The first-order chi connectivity index (χ1) is 13.1. The molecule has 0 bridgehead atoms. The van der Waals surface area contributed by atoms with Crippen LogP contribution in [-0.2, 0) is 13.6 Å². The van der Waals surface area contributed by atoms with E-state index >= 15 is 0 Å². The van der Waals surface area contributed by atoms with Gasteiger partial charge in [0.1, 0.15) is 5.82 Å². The number of pyridine rings is 1. The van der Waals surface area contributed by atoms with Crippen molar-refractivity contribution in [3.05, 3.63) is 76.2 Å². The van der Waals surface area contributed by atoms with Crippen LogP contribution in [0.15, 0.2) is 53.3 Å². The van der Waals surface area contributed by atoms with Gasteiger partial charge in [0.25, 0.3) is 0 Å². The van der Waals surface area contributed by atoms with Gasteiger partial charge in [0, 0.05) is 31.7 Å². The number of para-hydroxylation sites is 1. The first-order valence-electron chi connectivity index (χ1n) is 9.48. The van der Waals surface area contributed by atoms with Gasteiger partial charge in [0.15, 0.2) is 0 Å². The lowest BCUT2D eigenvalue weighted by Gasteiger charge is -2.32. The number of piperidine rings is 1. The molecular weight excluding hydrogens is 338 g/mol. The Labute approximate surface area is 159 Å². The molecule has 1 aliphatic rings. The summed E-state index contributed by atoms with van der Waals surface area (Å²) in [5.41, 5.74) is 2.93. The molecule has 4 rings (SSSR count). The van der Waals surface area contributed by atoms with Gasteiger partial charge < -0.3 is 0 Å². The molecule has 0 N–H and O–H groups in total. The second-order valence-electron chi connectivity index (χ2n) is 7.28. The highest BCUT2D eigenvalue weighted by Gasteiger charge is 2.27. The highest BCUT2D eigenvalue weighted by Crippen LogP contribution is 2.27. The van der Waals surface area contributed by atoms with Crippen LogP contribution in [0.5, 0.6) is 0 Å². The van der Waals surface area contributed by atoms with Crippen molar-refractivity contribution >= 4 is 0 Å². The van der Waals surface area contributed by atoms with E-state index in [1.165, 1.54) is 4.68 Å². The predicted molar refractivity (Wildman–Crippen MR) is 105 cm³/mol. The quantitative estimate of drug-likeness (QED) is 0.715. The minimum Gasteiger partial charge on any atom is -0.297 e. The molecule has 1 aromatic carbocycles. The first-order valence-corrected chi connectivity index (χ1v) is 9.48. The number of nitrogens with zero attached hydrogens (tertiary/aromatic N) is 5. The minimum atomic E-state index is -0.0892. The Morgan fingerprint density at radius 3 is 2.70 bits per heavy atom. The zero-order valence-corrected chi connectivity index (χ0v) is 15.9. The molecule has 140 valence electrons. The van der Waals surface area contributed by atoms with Crippen LogP contribution in [0.25, 0.3) is 5.69 Å². The van der Waals surface area contributed by atoms with Crippen molar-refractivity contribution in [2.75, 3.05) is 13.1 Å². The highest BCUT2D eigenvalue weighted by molar-refractivity contribution is 5.33. The first kappa shape index (κ1) is 17.7. The van der Waals surface area contributed by atoms with Crippen LogP contribution in [0, 0.1) is 6.92 Å². The van der Waals surface area contributed by atoms with E-state index in [2.05, 4.69) is 27.1 Å². The van der Waals surface area contributed by atoms with E-state index < -0.39 is 0 Å². The average molecular weight is 363 g/mol. The maximum absolute atomic E-state index is 12.7. The Morgan fingerprint density at radius 2 is 1.93 bits per heavy atom. The van der Waals surface area contributed by atoms with Gasteiger partial charge in [-0.25, -0.2) is 14.0 Å². The summed E-state index contributed by atoms with van der Waals surface area (Å²) < 4.78 is 3.21. The standard InChI is InChI=1S/C21H25N5O/c1-16-8-6-10-18(22-16)15-25-13-7-9-17(14-25)20-23-24(2)21(27)26(20)19-11-4-3-5-12-19/h3-6,8,10-12,17H,7,9,13-15H2,1-2H3/t17-/m1/s1. The fourth-order valence-electron chi connectivity index (χ4n) is 3.89. The van der Waals surface area contributed by atoms with Gasteiger partial charge in [0.2, 0.25) is 0 Å². The van der Waals surface area contributed by atoms with Crippen LogP contribution < -0.4 is 5.69 Å². The van der Waals surface area contributed by atoms with E-state index in [0.29, 0.717) is 0 Å². The number of aromatic nitrogens is 4. The Morgan fingerprint density at radius 1 is 1.11 bits per heavy atom. The molecule has 27 heavy (non-hydrogen) atoms. The molecule has 0 radical (unpaired) electrons. The van der Waals surface area contributed by atoms with E-state index in [0.717, 1.165) is 55.4 Å². The molecule has 0 amide bonds. The van der Waals surface area contributed by atoms with Gasteiger partial charge >= 0.3 is 5.69 Å². The van der Waals surface area contributed by atoms with Gasteiger partial charge in [-0.2, -0.15) is 5.10 Å². The van der Waals surface area contributed by atoms with Crippen LogP contribution in [0.3, 0.4) is 0 Å². The van der Waals surface area contributed by atoms with E-state index in [1.54, 1.807) is 11.6 Å². The molecule has 0 spiro atoms. The molecule has 0 saturated carbocycles. The zero-order chi connectivity index (χ0) is 18.8. The average Bonchev–Trinajstić information content (AvgIpc) is 2.98. The SMILES string of the molecule is Cc1cccc(CN2CCC[C@@H](c3nn(C)c(=O)n3-c3ccccc3)C2)n1. The second kappa shape index (κ2) is 7.48. The van der Waals surface area contributed by atoms with Crippen LogP contribution in [0.2, 0.25) is 0 Å². The zero-order valence-electron chi connectivity index (χ0n) is 15.9. The monoisotopic (exact) mass is 363 g/mol. The summed E-state index contributed by atoms with van der Waals surface area (Å²) in [5, 5.41) is 4.59. The molecule has 3 heterocycles. The number of likely N-dealkylation sites (tertiary alicyclic amines) is 1. The largest absolute Gasteiger partial charge is 0.350 e. The molecule has 1 atom stereocenters. The highest BCUT2D eigenvalue weighted by atomic mass is 16.2. The van der Waals surface area contributed by atoms with Crippen LogP contribution in [-0.4, -0.2) is 37.3 Å². The summed E-state index contributed by atoms with van der Waals surface area (Å²) in [5.74, 6) is 1.09. The maximum Gasteiger partial charge on any atom is 0.350 e. The number of benzene rings is 1. The second-order valence-corrected chi connectivity index (χ2v) is 7.28. The van der Waals surface area contributed by atoms with Crippen molar-refractivity contribution < 1.29 is 0 Å². The smallest absolute Gasteiger partial charge is 0.297 e. The molecule has 1 aliphatic heterocycles. The number of hydrogen-bond donors (Lipinski definition) is 0. The Hall–Kier alpha value is -2.73. The molecule has 2 aromatic heterocycles. The number of aryl methyl sites for hydroxylation is 2. The van der Waals surface area contributed by atoms with E-state index in [4.69, 9.17) is 0 Å². The van der Waals surface area contributed by atoms with E-state index in [9.17, 15) is 4.79 Å². The van der Waals surface area contributed by atoms with Gasteiger partial charge in [-0.3, -0.25) is 9.88 Å². The summed E-state index contributed by atoms with van der Waals surface area (Å²) in [6.07, 6.45) is 2.14. The van der Waals surface area contributed by atoms with Crippen LogP contribution in [0.4, 0.5) is 0 Å². The topological polar surface area (TPSA) is 56.0 Å². The van der Waals surface area contributed by atoms with Crippen LogP contribution in [0.1, 0.15) is 36.0 Å². The predicted octanol–water partition coefficient (Wildman–Crippen LogP) is 2.65. The number of hydrogen-bond acceptors (Lipinski definition) is 4. The van der Waals surface area contributed by atoms with Gasteiger partial charge in [0.05, 0.1) is 11.4 Å². The molecular formula is C21H25N5O. The van der Waals surface area contributed by atoms with Crippen molar-refractivity contribution in [2.24, 2.45) is 7.05 Å². The summed E-state index contributed by atoms with van der Waals surface area (Å²) in [6, 6.07) is 16.0. The third kappa shape index (κ3) is 3.71. The Kier molecular flexibility index (Phi) is 4.90. The van der Waals surface area contributed by atoms with Crippen molar-refractivity contribution in [1.29, 1.82) is 0 Å². The fourth-order valence-corrected chi connectivity index (χ4v) is 3.89. The Bertz CT molecular complexity index is 976. The third-order valence-electron chi connectivity index (χ3n) is 5.17. The molecule has 0 aliphatic carbocycles. The summed E-state index contributed by atoms with van der Waals surface area (Å²) >= 11 is 0. The summed E-state index contributed by atoms with van der Waals surface area (Å²) in [4.78, 5) is 19.7. The van der Waals surface area contributed by atoms with E-state index in [1.807, 2.05) is 43.3 Å². The van der Waals surface area contributed by atoms with Crippen molar-refractivity contribution in [1.82, 2.24) is 24.2 Å². The van der Waals surface area contributed by atoms with Gasteiger partial charge in [-0.15, -0.1) is 0 Å². The molecule has 1 saturated heterocycles. The van der Waals surface area contributed by atoms with E-state index in [-0.39, 0.29) is 11.6 Å². The normalized spacial score (nSPS) is 17.9. The Balaban J connectivity index is 1.60. The number of rotatable bonds is 4. The van der Waals surface area contributed by atoms with Crippen molar-refractivity contribution in [3.8, 4) is 5.69 Å².